The molecule has 2 aromatic carbocycles. The van der Waals surface area contributed by atoms with Crippen molar-refractivity contribution in [3.63, 3.8) is 0 Å². The van der Waals surface area contributed by atoms with Crippen LogP contribution in [0.3, 0.4) is 0 Å². The van der Waals surface area contributed by atoms with Crippen LogP contribution in [0.2, 0.25) is 5.02 Å². The Balaban J connectivity index is 1.47. The second kappa shape index (κ2) is 8.97. The topological polar surface area (TPSA) is 78.9 Å². The van der Waals surface area contributed by atoms with E-state index in [1.807, 2.05) is 0 Å². The number of carbonyl (C=O) groups excluding carboxylic acids is 2. The van der Waals surface area contributed by atoms with Crippen LogP contribution >= 0.6 is 11.6 Å². The van der Waals surface area contributed by atoms with Gasteiger partial charge in [-0.3, -0.25) is 9.59 Å². The molecule has 0 aromatic heterocycles. The van der Waals surface area contributed by atoms with Crippen LogP contribution < -0.4 is 10.1 Å². The van der Waals surface area contributed by atoms with Crippen LogP contribution in [-0.4, -0.2) is 47.1 Å². The van der Waals surface area contributed by atoms with Gasteiger partial charge in [-0.15, -0.1) is 0 Å². The van der Waals surface area contributed by atoms with Gasteiger partial charge in [-0.25, -0.2) is 0 Å². The lowest BCUT2D eigenvalue weighted by molar-refractivity contribution is -0.128. The van der Waals surface area contributed by atoms with E-state index >= 15 is 0 Å². The highest BCUT2D eigenvalue weighted by atomic mass is 35.5. The Labute approximate surface area is 169 Å². The van der Waals surface area contributed by atoms with Crippen molar-refractivity contribution in [1.82, 2.24) is 10.2 Å². The molecule has 2 aromatic rings. The first-order valence-corrected chi connectivity index (χ1v) is 9.61. The Hall–Kier alpha value is -2.73. The molecule has 148 valence electrons. The quantitative estimate of drug-likeness (QED) is 0.804. The van der Waals surface area contributed by atoms with Crippen LogP contribution in [0.4, 0.5) is 0 Å². The highest BCUT2D eigenvalue weighted by Gasteiger charge is 2.26. The summed E-state index contributed by atoms with van der Waals surface area (Å²) in [4.78, 5) is 26.6. The lowest BCUT2D eigenvalue weighted by Crippen LogP contribution is -2.49. The number of amides is 2. The van der Waals surface area contributed by atoms with E-state index in [0.29, 0.717) is 42.3 Å². The molecule has 0 spiro atoms. The average molecular weight is 403 g/mol. The number of piperidine rings is 1. The van der Waals surface area contributed by atoms with Gasteiger partial charge in [0.2, 0.25) is 0 Å². The van der Waals surface area contributed by atoms with Gasteiger partial charge in [-0.1, -0.05) is 17.7 Å². The van der Waals surface area contributed by atoms with Crippen LogP contribution in [-0.2, 0) is 4.79 Å². The fourth-order valence-corrected chi connectivity index (χ4v) is 3.26. The van der Waals surface area contributed by atoms with Gasteiger partial charge >= 0.3 is 0 Å². The zero-order chi connectivity index (χ0) is 20.1. The molecule has 6 nitrogen and oxygen atoms in total. The number of phenols is 1. The number of benzene rings is 2. The van der Waals surface area contributed by atoms with Crippen LogP contribution in [0.25, 0.3) is 0 Å². The van der Waals surface area contributed by atoms with Gasteiger partial charge in [0.05, 0.1) is 0 Å². The van der Waals surface area contributed by atoms with Gasteiger partial charge in [-0.05, 0) is 62.2 Å². The van der Waals surface area contributed by atoms with Gasteiger partial charge in [0, 0.05) is 29.7 Å². The average Bonchev–Trinajstić information content (AvgIpc) is 2.69. The van der Waals surface area contributed by atoms with Gasteiger partial charge < -0.3 is 20.1 Å². The Morgan fingerprint density at radius 3 is 2.50 bits per heavy atom. The monoisotopic (exact) mass is 402 g/mol. The van der Waals surface area contributed by atoms with Crippen molar-refractivity contribution in [3.8, 4) is 11.5 Å². The molecular weight excluding hydrogens is 380 g/mol. The van der Waals surface area contributed by atoms with E-state index < -0.39 is 6.10 Å². The summed E-state index contributed by atoms with van der Waals surface area (Å²) < 4.78 is 5.64. The van der Waals surface area contributed by atoms with E-state index in [9.17, 15) is 14.7 Å². The smallest absolute Gasteiger partial charge is 0.260 e. The first-order valence-electron chi connectivity index (χ1n) is 9.23. The van der Waals surface area contributed by atoms with Crippen molar-refractivity contribution in [3.05, 3.63) is 59.1 Å². The third kappa shape index (κ3) is 5.16. The Bertz CT molecular complexity index is 833. The van der Waals surface area contributed by atoms with Crippen LogP contribution in [0.1, 0.15) is 30.1 Å². The predicted molar refractivity (Wildman–Crippen MR) is 107 cm³/mol. The van der Waals surface area contributed by atoms with Crippen LogP contribution in [0, 0.1) is 0 Å². The molecule has 1 aliphatic rings. The molecule has 1 aliphatic heterocycles. The van der Waals surface area contributed by atoms with Gasteiger partial charge in [0.1, 0.15) is 11.5 Å². The first-order chi connectivity index (χ1) is 13.4. The van der Waals surface area contributed by atoms with Crippen molar-refractivity contribution in [2.45, 2.75) is 31.9 Å². The largest absolute Gasteiger partial charge is 0.508 e. The first kappa shape index (κ1) is 20.0. The van der Waals surface area contributed by atoms with Crippen LogP contribution in [0.5, 0.6) is 11.5 Å². The normalized spacial score (nSPS) is 15.7. The minimum Gasteiger partial charge on any atom is -0.508 e. The summed E-state index contributed by atoms with van der Waals surface area (Å²) in [6.45, 7) is 2.79. The lowest BCUT2D eigenvalue weighted by Gasteiger charge is -2.33. The summed E-state index contributed by atoms with van der Waals surface area (Å²) in [6.07, 6.45) is 0.710. The number of hydrogen-bond donors (Lipinski definition) is 2. The molecule has 1 unspecified atom stereocenters. The Morgan fingerprint density at radius 1 is 1.18 bits per heavy atom. The van der Waals surface area contributed by atoms with E-state index in [4.69, 9.17) is 16.3 Å². The van der Waals surface area contributed by atoms with Crippen molar-refractivity contribution in [2.24, 2.45) is 0 Å². The van der Waals surface area contributed by atoms with E-state index in [1.54, 1.807) is 48.2 Å². The number of carbonyl (C=O) groups is 2. The Morgan fingerprint density at radius 2 is 1.86 bits per heavy atom. The molecule has 0 bridgehead atoms. The van der Waals surface area contributed by atoms with Crippen molar-refractivity contribution >= 4 is 23.4 Å². The second-order valence-electron chi connectivity index (χ2n) is 6.84. The third-order valence-corrected chi connectivity index (χ3v) is 4.97. The number of phenolic OH excluding ortho intramolecular Hbond substituents is 1. The molecule has 0 radical (unpaired) electrons. The maximum absolute atomic E-state index is 12.5. The minimum atomic E-state index is -0.631. The number of nitrogens with zero attached hydrogens (tertiary/aromatic N) is 1. The standard InChI is InChI=1S/C21H23ClN2O4/c1-14(28-19-7-5-16(22)6-8-19)20(26)23-17-9-11-24(12-10-17)21(27)15-3-2-4-18(25)13-15/h2-8,13-14,17,25H,9-12H2,1H3,(H,23,26). The second-order valence-corrected chi connectivity index (χ2v) is 7.28. The van der Waals surface area contributed by atoms with Gasteiger partial charge in [0.15, 0.2) is 6.10 Å². The molecule has 2 amide bonds. The number of likely N-dealkylation sites (tertiary alicyclic amines) is 1. The SMILES string of the molecule is CC(Oc1ccc(Cl)cc1)C(=O)NC1CCN(C(=O)c2cccc(O)c2)CC1. The summed E-state index contributed by atoms with van der Waals surface area (Å²) >= 11 is 5.85. The molecule has 1 saturated heterocycles. The maximum Gasteiger partial charge on any atom is 0.260 e. The molecule has 1 atom stereocenters. The number of hydrogen-bond acceptors (Lipinski definition) is 4. The van der Waals surface area contributed by atoms with Crippen molar-refractivity contribution < 1.29 is 19.4 Å². The molecule has 0 aliphatic carbocycles. The molecule has 28 heavy (non-hydrogen) atoms. The zero-order valence-corrected chi connectivity index (χ0v) is 16.4. The number of nitrogens with one attached hydrogen (secondary N) is 1. The molecule has 1 fully saturated rings. The van der Waals surface area contributed by atoms with E-state index in [2.05, 4.69) is 5.32 Å². The summed E-state index contributed by atoms with van der Waals surface area (Å²) in [6, 6.07) is 13.2. The molecule has 0 saturated carbocycles. The molecule has 3 rings (SSSR count). The zero-order valence-electron chi connectivity index (χ0n) is 15.6. The Kier molecular flexibility index (Phi) is 6.41. The molecule has 1 heterocycles. The fraction of sp³-hybridized carbons (Fsp3) is 0.333. The van der Waals surface area contributed by atoms with E-state index in [1.165, 1.54) is 12.1 Å². The van der Waals surface area contributed by atoms with Gasteiger partial charge in [0.25, 0.3) is 11.8 Å². The summed E-state index contributed by atoms with van der Waals surface area (Å²) in [5, 5.41) is 13.1. The molecule has 2 N–H and O–H groups in total. The lowest BCUT2D eigenvalue weighted by atomic mass is 10.0. The fourth-order valence-electron chi connectivity index (χ4n) is 3.14. The molecular formula is C21H23ClN2O4. The molecule has 7 heteroatoms. The minimum absolute atomic E-state index is 0.00278. The number of aromatic hydroxyl groups is 1. The van der Waals surface area contributed by atoms with Crippen molar-refractivity contribution in [2.75, 3.05) is 13.1 Å². The van der Waals surface area contributed by atoms with Crippen molar-refractivity contribution in [1.29, 1.82) is 0 Å². The summed E-state index contributed by atoms with van der Waals surface area (Å²) in [7, 11) is 0. The highest BCUT2D eigenvalue weighted by Crippen LogP contribution is 2.19. The maximum atomic E-state index is 12.5. The van der Waals surface area contributed by atoms with E-state index in [-0.39, 0.29) is 23.6 Å². The number of rotatable bonds is 5. The highest BCUT2D eigenvalue weighted by molar-refractivity contribution is 6.30. The van der Waals surface area contributed by atoms with Crippen LogP contribution in [0.15, 0.2) is 48.5 Å². The number of halogens is 1. The van der Waals surface area contributed by atoms with Gasteiger partial charge in [-0.2, -0.15) is 0 Å². The number of ether oxygens (including phenoxy) is 1. The predicted octanol–water partition coefficient (Wildman–Crippen LogP) is 3.23. The van der Waals surface area contributed by atoms with E-state index in [0.717, 1.165) is 0 Å². The third-order valence-electron chi connectivity index (χ3n) is 4.72. The summed E-state index contributed by atoms with van der Waals surface area (Å²) in [5.74, 6) is 0.356. The summed E-state index contributed by atoms with van der Waals surface area (Å²) in [5.41, 5.74) is 0.465.